The van der Waals surface area contributed by atoms with Crippen molar-refractivity contribution < 1.29 is 26.3 Å². The smallest absolute Gasteiger partial charge is 0.346 e. The van der Waals surface area contributed by atoms with Crippen LogP contribution in [0.4, 0.5) is 32.2 Å². The van der Waals surface area contributed by atoms with Gasteiger partial charge in [0.1, 0.15) is 12.4 Å². The molecule has 2 nitrogen and oxygen atoms in total. The van der Waals surface area contributed by atoms with E-state index in [0.29, 0.717) is 11.0 Å². The van der Waals surface area contributed by atoms with Crippen molar-refractivity contribution in [3.63, 3.8) is 0 Å². The minimum Gasteiger partial charge on any atom is -0.346 e. The second-order valence-corrected chi connectivity index (χ2v) is 5.04. The zero-order chi connectivity index (χ0) is 15.6. The van der Waals surface area contributed by atoms with E-state index in [1.165, 1.54) is 0 Å². The summed E-state index contributed by atoms with van der Waals surface area (Å²) >= 11 is 8.15. The highest BCUT2D eigenvalue weighted by molar-refractivity contribution is 9.10. The maximum Gasteiger partial charge on any atom is 0.419 e. The first-order chi connectivity index (χ1) is 9.04. The molecule has 0 aromatic carbocycles. The lowest BCUT2D eigenvalue weighted by Crippen LogP contribution is -2.37. The highest BCUT2D eigenvalue weighted by Crippen LogP contribution is 2.37. The lowest BCUT2D eigenvalue weighted by molar-refractivity contribution is -0.138. The summed E-state index contributed by atoms with van der Waals surface area (Å²) in [5.74, 6) is -1.05. The third kappa shape index (κ3) is 5.01. The van der Waals surface area contributed by atoms with Gasteiger partial charge in [0.2, 0.25) is 0 Å². The van der Waals surface area contributed by atoms with Crippen LogP contribution in [-0.2, 0) is 6.18 Å². The molecule has 1 aromatic heterocycles. The molecule has 0 radical (unpaired) electrons. The fourth-order valence-corrected chi connectivity index (χ4v) is 2.01. The van der Waals surface area contributed by atoms with E-state index in [-0.39, 0.29) is 10.4 Å². The molecule has 0 unspecified atom stereocenters. The molecular weight excluding hydrogens is 377 g/mol. The van der Waals surface area contributed by atoms with E-state index in [2.05, 4.69) is 20.9 Å². The quantitative estimate of drug-likeness (QED) is 0.562. The summed E-state index contributed by atoms with van der Waals surface area (Å²) in [6, 6.07) is 0.680. The number of aromatic nitrogens is 1. The van der Waals surface area contributed by atoms with Gasteiger partial charge in [-0.2, -0.15) is 26.3 Å². The molecule has 0 bridgehead atoms. The van der Waals surface area contributed by atoms with Crippen LogP contribution in [0.2, 0.25) is 0 Å². The van der Waals surface area contributed by atoms with E-state index in [1.807, 2.05) is 0 Å². The Kier molecular flexibility index (Phi) is 5.54. The number of nitrogens with zero attached hydrogens (tertiary/aromatic N) is 2. The normalized spacial score (nSPS) is 12.6. The van der Waals surface area contributed by atoms with Crippen LogP contribution in [0.1, 0.15) is 5.56 Å². The summed E-state index contributed by atoms with van der Waals surface area (Å²) in [5.41, 5.74) is -1.25. The molecule has 0 fully saturated rings. The fourth-order valence-electron chi connectivity index (χ4n) is 1.47. The van der Waals surface area contributed by atoms with Gasteiger partial charge < -0.3 is 4.90 Å². The summed E-state index contributed by atoms with van der Waals surface area (Å²) in [5, 5.41) is 0. The van der Waals surface area contributed by atoms with Crippen LogP contribution in [0.5, 0.6) is 0 Å². The van der Waals surface area contributed by atoms with Crippen LogP contribution in [0.3, 0.4) is 0 Å². The van der Waals surface area contributed by atoms with Crippen LogP contribution < -0.4 is 4.90 Å². The standard InChI is InChI=1S/C10H8BrClF6N2/c11-6-3-7(10(16,17)18)8(19-4-6)20(2-1-12)5-9(13,14)15/h3-4H,1-2,5H2. The molecule has 114 valence electrons. The van der Waals surface area contributed by atoms with Crippen molar-refractivity contribution in [1.29, 1.82) is 0 Å². The van der Waals surface area contributed by atoms with Crippen LogP contribution in [0.25, 0.3) is 0 Å². The third-order valence-electron chi connectivity index (χ3n) is 2.16. The Bertz CT molecular complexity index is 462. The van der Waals surface area contributed by atoms with Crippen LogP contribution in [0, 0.1) is 0 Å². The van der Waals surface area contributed by atoms with Crippen molar-refractivity contribution in [1.82, 2.24) is 4.98 Å². The zero-order valence-electron chi connectivity index (χ0n) is 9.69. The summed E-state index contributed by atoms with van der Waals surface area (Å²) < 4.78 is 75.9. The summed E-state index contributed by atoms with van der Waals surface area (Å²) in [7, 11) is 0. The van der Waals surface area contributed by atoms with E-state index in [0.717, 1.165) is 6.20 Å². The summed E-state index contributed by atoms with van der Waals surface area (Å²) in [6.07, 6.45) is -8.48. The maximum atomic E-state index is 12.9. The Morgan fingerprint density at radius 1 is 1.20 bits per heavy atom. The van der Waals surface area contributed by atoms with Crippen molar-refractivity contribution in [2.75, 3.05) is 23.9 Å². The zero-order valence-corrected chi connectivity index (χ0v) is 12.0. The van der Waals surface area contributed by atoms with Crippen molar-refractivity contribution in [2.45, 2.75) is 12.4 Å². The van der Waals surface area contributed by atoms with E-state index in [9.17, 15) is 26.3 Å². The molecule has 0 aliphatic rings. The molecule has 0 saturated carbocycles. The molecule has 1 aromatic rings. The number of halogens is 8. The number of alkyl halides is 7. The van der Waals surface area contributed by atoms with Gasteiger partial charge in [-0.3, -0.25) is 0 Å². The predicted molar refractivity (Wildman–Crippen MR) is 65.9 cm³/mol. The number of rotatable bonds is 4. The number of pyridine rings is 1. The molecule has 0 amide bonds. The first-order valence-corrected chi connectivity index (χ1v) is 6.48. The van der Waals surface area contributed by atoms with Gasteiger partial charge in [0, 0.05) is 23.1 Å². The topological polar surface area (TPSA) is 16.1 Å². The van der Waals surface area contributed by atoms with Crippen molar-refractivity contribution in [3.05, 3.63) is 22.3 Å². The molecule has 0 aliphatic heterocycles. The summed E-state index contributed by atoms with van der Waals surface area (Å²) in [6.45, 7) is -1.96. The van der Waals surface area contributed by atoms with Crippen molar-refractivity contribution in [2.24, 2.45) is 0 Å². The lowest BCUT2D eigenvalue weighted by atomic mass is 10.2. The minimum atomic E-state index is -4.82. The van der Waals surface area contributed by atoms with Gasteiger partial charge in [0.25, 0.3) is 0 Å². The molecule has 0 aliphatic carbocycles. The fraction of sp³-hybridized carbons (Fsp3) is 0.500. The molecular formula is C10H8BrClF6N2. The average molecular weight is 386 g/mol. The van der Waals surface area contributed by atoms with E-state index >= 15 is 0 Å². The van der Waals surface area contributed by atoms with Crippen LogP contribution in [0.15, 0.2) is 16.7 Å². The van der Waals surface area contributed by atoms with Crippen LogP contribution in [-0.4, -0.2) is 30.1 Å². The van der Waals surface area contributed by atoms with Crippen molar-refractivity contribution in [3.8, 4) is 0 Å². The van der Waals surface area contributed by atoms with Gasteiger partial charge in [0.05, 0.1) is 5.56 Å². The van der Waals surface area contributed by atoms with Gasteiger partial charge in [-0.15, -0.1) is 11.6 Å². The predicted octanol–water partition coefficient (Wildman–Crippen LogP) is 4.47. The second-order valence-electron chi connectivity index (χ2n) is 3.75. The van der Waals surface area contributed by atoms with Gasteiger partial charge >= 0.3 is 12.4 Å². The van der Waals surface area contributed by atoms with E-state index < -0.39 is 36.8 Å². The molecule has 0 saturated heterocycles. The highest BCUT2D eigenvalue weighted by Gasteiger charge is 2.39. The first-order valence-electron chi connectivity index (χ1n) is 5.15. The van der Waals surface area contributed by atoms with Crippen LogP contribution >= 0.6 is 27.5 Å². The van der Waals surface area contributed by atoms with Gasteiger partial charge in [-0.25, -0.2) is 4.98 Å². The Labute approximate surface area is 123 Å². The van der Waals surface area contributed by atoms with Gasteiger partial charge in [0.15, 0.2) is 0 Å². The first kappa shape index (κ1) is 17.4. The SMILES string of the molecule is FC(F)(F)CN(CCCl)c1ncc(Br)cc1C(F)(F)F. The lowest BCUT2D eigenvalue weighted by Gasteiger charge is -2.26. The molecule has 1 heterocycles. The third-order valence-corrected chi connectivity index (χ3v) is 2.77. The van der Waals surface area contributed by atoms with E-state index in [4.69, 9.17) is 11.6 Å². The minimum absolute atomic E-state index is 0.0198. The molecule has 0 atom stereocenters. The Morgan fingerprint density at radius 3 is 2.25 bits per heavy atom. The summed E-state index contributed by atoms with van der Waals surface area (Å²) in [4.78, 5) is 3.91. The number of hydrogen-bond acceptors (Lipinski definition) is 2. The van der Waals surface area contributed by atoms with Gasteiger partial charge in [-0.05, 0) is 22.0 Å². The monoisotopic (exact) mass is 384 g/mol. The van der Waals surface area contributed by atoms with E-state index in [1.54, 1.807) is 0 Å². The molecule has 0 N–H and O–H groups in total. The number of hydrogen-bond donors (Lipinski definition) is 0. The van der Waals surface area contributed by atoms with Crippen molar-refractivity contribution >= 4 is 33.3 Å². The molecule has 1 rings (SSSR count). The molecule has 10 heteroatoms. The molecule has 20 heavy (non-hydrogen) atoms. The highest BCUT2D eigenvalue weighted by atomic mass is 79.9. The Balaban J connectivity index is 3.26. The average Bonchev–Trinajstić information content (AvgIpc) is 2.25. The molecule has 0 spiro atoms. The van der Waals surface area contributed by atoms with Gasteiger partial charge in [-0.1, -0.05) is 0 Å². The maximum absolute atomic E-state index is 12.9. The number of anilines is 1. The second kappa shape index (κ2) is 6.38. The largest absolute Gasteiger partial charge is 0.419 e. The Hall–Kier alpha value is -0.700. The Morgan fingerprint density at radius 2 is 1.80 bits per heavy atom.